The quantitative estimate of drug-likeness (QED) is 0.854. The van der Waals surface area contributed by atoms with Gasteiger partial charge in [-0.2, -0.15) is 8.42 Å². The van der Waals surface area contributed by atoms with Crippen molar-refractivity contribution in [3.63, 3.8) is 0 Å². The van der Waals surface area contributed by atoms with Crippen molar-refractivity contribution in [3.8, 4) is 11.5 Å². The molecule has 0 saturated heterocycles. The maximum Gasteiger partial charge on any atom is 0.340 e. The Labute approximate surface area is 135 Å². The minimum atomic E-state index is -4.30. The lowest BCUT2D eigenvalue weighted by molar-refractivity contribution is -0.118. The first-order valence-electron chi connectivity index (χ1n) is 6.31. The standard InChI is InChI=1S/C14H9ClFNO5S/c15-10-5-11-12(21-7-14(18)17-11)6-13(10)23(19,20)22-9-3-1-2-8(16)4-9/h1-6H,7H2,(H,17,18). The minimum Gasteiger partial charge on any atom is -0.482 e. The zero-order valence-corrected chi connectivity index (χ0v) is 12.9. The van der Waals surface area contributed by atoms with E-state index in [2.05, 4.69) is 5.32 Å². The molecule has 0 spiro atoms. The molecule has 0 atom stereocenters. The summed E-state index contributed by atoms with van der Waals surface area (Å²) in [4.78, 5) is 10.9. The average molecular weight is 358 g/mol. The van der Waals surface area contributed by atoms with Crippen LogP contribution < -0.4 is 14.2 Å². The minimum absolute atomic E-state index is 0.149. The number of carbonyl (C=O) groups excluding carboxylic acids is 1. The van der Waals surface area contributed by atoms with E-state index in [9.17, 15) is 17.6 Å². The first-order valence-corrected chi connectivity index (χ1v) is 8.10. The molecule has 1 N–H and O–H groups in total. The molecule has 9 heteroatoms. The van der Waals surface area contributed by atoms with E-state index in [0.717, 1.165) is 18.2 Å². The number of nitrogens with one attached hydrogen (secondary N) is 1. The fourth-order valence-electron chi connectivity index (χ4n) is 1.96. The molecular formula is C14H9ClFNO5S. The van der Waals surface area contributed by atoms with Crippen molar-refractivity contribution < 1.29 is 26.5 Å². The van der Waals surface area contributed by atoms with Gasteiger partial charge >= 0.3 is 10.1 Å². The van der Waals surface area contributed by atoms with Crippen molar-refractivity contribution in [3.05, 3.63) is 47.2 Å². The van der Waals surface area contributed by atoms with Crippen LogP contribution in [0, 0.1) is 5.82 Å². The van der Waals surface area contributed by atoms with Crippen LogP contribution in [0.15, 0.2) is 41.3 Å². The molecule has 0 fully saturated rings. The number of anilines is 1. The van der Waals surface area contributed by atoms with E-state index >= 15 is 0 Å². The maximum atomic E-state index is 13.1. The fraction of sp³-hybridized carbons (Fsp3) is 0.0714. The van der Waals surface area contributed by atoms with Crippen LogP contribution in [0.3, 0.4) is 0 Å². The number of hydrogen-bond donors (Lipinski definition) is 1. The Morgan fingerprint density at radius 2 is 2.04 bits per heavy atom. The van der Waals surface area contributed by atoms with Gasteiger partial charge in [-0.05, 0) is 18.2 Å². The number of rotatable bonds is 3. The highest BCUT2D eigenvalue weighted by atomic mass is 35.5. The second-order valence-electron chi connectivity index (χ2n) is 4.61. The molecule has 1 heterocycles. The van der Waals surface area contributed by atoms with Gasteiger partial charge in [0.1, 0.15) is 22.2 Å². The van der Waals surface area contributed by atoms with Gasteiger partial charge in [-0.3, -0.25) is 4.79 Å². The fourth-order valence-corrected chi connectivity index (χ4v) is 3.41. The van der Waals surface area contributed by atoms with Crippen LogP contribution in [0.2, 0.25) is 5.02 Å². The molecule has 1 aliphatic rings. The number of halogens is 2. The largest absolute Gasteiger partial charge is 0.482 e. The van der Waals surface area contributed by atoms with Crippen LogP contribution in [0.1, 0.15) is 0 Å². The van der Waals surface area contributed by atoms with E-state index in [-0.39, 0.29) is 39.6 Å². The van der Waals surface area contributed by atoms with Gasteiger partial charge < -0.3 is 14.2 Å². The Kier molecular flexibility index (Phi) is 3.87. The third-order valence-electron chi connectivity index (χ3n) is 2.94. The molecule has 1 amide bonds. The molecule has 23 heavy (non-hydrogen) atoms. The van der Waals surface area contributed by atoms with Crippen molar-refractivity contribution in [2.45, 2.75) is 4.90 Å². The third-order valence-corrected chi connectivity index (χ3v) is 4.65. The summed E-state index contributed by atoms with van der Waals surface area (Å²) in [6, 6.07) is 7.08. The van der Waals surface area contributed by atoms with E-state index in [1.807, 2.05) is 0 Å². The molecule has 0 radical (unpaired) electrons. The molecular weight excluding hydrogens is 349 g/mol. The van der Waals surface area contributed by atoms with E-state index in [0.29, 0.717) is 0 Å². The topological polar surface area (TPSA) is 81.7 Å². The molecule has 3 rings (SSSR count). The number of hydrogen-bond acceptors (Lipinski definition) is 5. The van der Waals surface area contributed by atoms with E-state index < -0.39 is 15.9 Å². The van der Waals surface area contributed by atoms with Gasteiger partial charge in [-0.1, -0.05) is 17.7 Å². The Hall–Kier alpha value is -2.32. The molecule has 1 aliphatic heterocycles. The van der Waals surface area contributed by atoms with Gasteiger partial charge in [-0.15, -0.1) is 0 Å². The predicted octanol–water partition coefficient (Wildman–Crippen LogP) is 2.58. The maximum absolute atomic E-state index is 13.1. The first kappa shape index (κ1) is 15.6. The number of fused-ring (bicyclic) bond motifs is 1. The van der Waals surface area contributed by atoms with Gasteiger partial charge in [0, 0.05) is 12.1 Å². The molecule has 2 aromatic carbocycles. The smallest absolute Gasteiger partial charge is 0.340 e. The summed E-state index contributed by atoms with van der Waals surface area (Å²) in [6.07, 6.45) is 0. The van der Waals surface area contributed by atoms with Crippen LogP contribution in [-0.4, -0.2) is 20.9 Å². The average Bonchev–Trinajstić information content (AvgIpc) is 2.45. The lowest BCUT2D eigenvalue weighted by atomic mass is 10.2. The molecule has 0 unspecified atom stereocenters. The molecule has 0 aliphatic carbocycles. The molecule has 0 bridgehead atoms. The van der Waals surface area contributed by atoms with Gasteiger partial charge in [0.05, 0.1) is 10.7 Å². The Balaban J connectivity index is 1.98. The number of amides is 1. The lowest BCUT2D eigenvalue weighted by Crippen LogP contribution is -2.25. The van der Waals surface area contributed by atoms with E-state index in [4.69, 9.17) is 20.5 Å². The summed E-state index contributed by atoms with van der Waals surface area (Å²) in [7, 11) is -4.30. The van der Waals surface area contributed by atoms with Gasteiger partial charge in [0.15, 0.2) is 6.61 Å². The SMILES string of the molecule is O=C1COc2cc(S(=O)(=O)Oc3cccc(F)c3)c(Cl)cc2N1. The lowest BCUT2D eigenvalue weighted by Gasteiger charge is -2.19. The zero-order chi connectivity index (χ0) is 16.6. The highest BCUT2D eigenvalue weighted by Crippen LogP contribution is 2.36. The monoisotopic (exact) mass is 357 g/mol. The first-order chi connectivity index (χ1) is 10.8. The molecule has 2 aromatic rings. The van der Waals surface area contributed by atoms with Crippen molar-refractivity contribution >= 4 is 33.3 Å². The van der Waals surface area contributed by atoms with Gasteiger partial charge in [0.2, 0.25) is 0 Å². The zero-order valence-electron chi connectivity index (χ0n) is 11.4. The van der Waals surface area contributed by atoms with Crippen molar-refractivity contribution in [1.29, 1.82) is 0 Å². The third kappa shape index (κ3) is 3.22. The van der Waals surface area contributed by atoms with Crippen LogP contribution in [0.4, 0.5) is 10.1 Å². The van der Waals surface area contributed by atoms with E-state index in [1.54, 1.807) is 0 Å². The summed E-state index contributed by atoms with van der Waals surface area (Å²) < 4.78 is 47.8. The highest BCUT2D eigenvalue weighted by molar-refractivity contribution is 7.87. The molecule has 6 nitrogen and oxygen atoms in total. The van der Waals surface area contributed by atoms with Gasteiger partial charge in [0.25, 0.3) is 5.91 Å². The van der Waals surface area contributed by atoms with Gasteiger partial charge in [-0.25, -0.2) is 4.39 Å². The summed E-state index contributed by atoms with van der Waals surface area (Å²) in [5.41, 5.74) is 0.260. The number of carbonyl (C=O) groups is 1. The second kappa shape index (κ2) is 5.71. The van der Waals surface area contributed by atoms with Crippen LogP contribution in [-0.2, 0) is 14.9 Å². The Morgan fingerprint density at radius 1 is 1.26 bits per heavy atom. The van der Waals surface area contributed by atoms with E-state index in [1.165, 1.54) is 18.2 Å². The van der Waals surface area contributed by atoms with Crippen LogP contribution in [0.25, 0.3) is 0 Å². The Bertz CT molecular complexity index is 900. The number of ether oxygens (including phenoxy) is 1. The molecule has 0 aromatic heterocycles. The summed E-state index contributed by atoms with van der Waals surface area (Å²) in [5, 5.41) is 2.34. The number of benzene rings is 2. The summed E-state index contributed by atoms with van der Waals surface area (Å²) in [5.74, 6) is -1.05. The van der Waals surface area contributed by atoms with Crippen LogP contribution >= 0.6 is 11.6 Å². The van der Waals surface area contributed by atoms with Crippen molar-refractivity contribution in [2.75, 3.05) is 11.9 Å². The molecule has 0 saturated carbocycles. The Morgan fingerprint density at radius 3 is 2.78 bits per heavy atom. The normalized spacial score (nSPS) is 13.7. The second-order valence-corrected chi connectivity index (χ2v) is 6.53. The summed E-state index contributed by atoms with van der Waals surface area (Å²) >= 11 is 5.95. The van der Waals surface area contributed by atoms with Crippen molar-refractivity contribution in [2.24, 2.45) is 0 Å². The predicted molar refractivity (Wildman–Crippen MR) is 79.8 cm³/mol. The highest BCUT2D eigenvalue weighted by Gasteiger charge is 2.26. The van der Waals surface area contributed by atoms with Crippen LogP contribution in [0.5, 0.6) is 11.5 Å². The van der Waals surface area contributed by atoms with Crippen molar-refractivity contribution in [1.82, 2.24) is 0 Å². The molecule has 120 valence electrons. The summed E-state index contributed by atoms with van der Waals surface area (Å²) in [6.45, 7) is -0.237.